The van der Waals surface area contributed by atoms with Gasteiger partial charge in [0, 0.05) is 6.54 Å². The van der Waals surface area contributed by atoms with Crippen molar-refractivity contribution in [1.29, 1.82) is 0 Å². The first-order valence-electron chi connectivity index (χ1n) is 8.43. The SMILES string of the molecule is CCCCCN1C(=O)C(O)=C(C(=O)c2cccs2)C1c1ccc(C)o1. The summed E-state index contributed by atoms with van der Waals surface area (Å²) in [5.74, 6) is -0.0847. The molecule has 0 spiro atoms. The highest BCUT2D eigenvalue weighted by molar-refractivity contribution is 7.12. The highest BCUT2D eigenvalue weighted by atomic mass is 32.1. The Kier molecular flexibility index (Phi) is 5.08. The predicted molar refractivity (Wildman–Crippen MR) is 95.7 cm³/mol. The van der Waals surface area contributed by atoms with Crippen LogP contribution in [0.2, 0.25) is 0 Å². The number of Topliss-reactive ketones (excluding diaryl/α,β-unsaturated/α-hetero) is 1. The fourth-order valence-electron chi connectivity index (χ4n) is 3.09. The molecule has 1 N–H and O–H groups in total. The van der Waals surface area contributed by atoms with E-state index < -0.39 is 17.7 Å². The molecule has 1 aliphatic rings. The first-order chi connectivity index (χ1) is 12.0. The Morgan fingerprint density at radius 3 is 2.72 bits per heavy atom. The highest BCUT2D eigenvalue weighted by Crippen LogP contribution is 2.40. The molecule has 0 aliphatic carbocycles. The van der Waals surface area contributed by atoms with E-state index in [2.05, 4.69) is 6.92 Å². The van der Waals surface area contributed by atoms with Crippen LogP contribution in [0.1, 0.15) is 53.4 Å². The second-order valence-corrected chi connectivity index (χ2v) is 7.07. The number of ketones is 1. The Bertz CT molecular complexity index is 803. The van der Waals surface area contributed by atoms with E-state index in [9.17, 15) is 14.7 Å². The van der Waals surface area contributed by atoms with Crippen LogP contribution in [0.5, 0.6) is 0 Å². The Morgan fingerprint density at radius 1 is 1.32 bits per heavy atom. The molecule has 3 rings (SSSR count). The van der Waals surface area contributed by atoms with Crippen LogP contribution in [0.25, 0.3) is 0 Å². The van der Waals surface area contributed by atoms with Gasteiger partial charge in [0.2, 0.25) is 5.78 Å². The fraction of sp³-hybridized carbons (Fsp3) is 0.368. The van der Waals surface area contributed by atoms with Crippen LogP contribution < -0.4 is 0 Å². The molecule has 5 nitrogen and oxygen atoms in total. The number of hydrogen-bond donors (Lipinski definition) is 1. The number of aliphatic hydroxyl groups excluding tert-OH is 1. The molecule has 1 atom stereocenters. The van der Waals surface area contributed by atoms with E-state index in [4.69, 9.17) is 4.42 Å². The van der Waals surface area contributed by atoms with Gasteiger partial charge in [-0.1, -0.05) is 25.8 Å². The standard InChI is InChI=1S/C19H21NO4S/c1-3-4-5-10-20-16(13-9-8-12(2)24-13)15(18(22)19(20)23)17(21)14-7-6-11-25-14/h6-9,11,16,22H,3-5,10H2,1-2H3. The summed E-state index contributed by atoms with van der Waals surface area (Å²) < 4.78 is 5.71. The van der Waals surface area contributed by atoms with E-state index in [0.29, 0.717) is 22.9 Å². The maximum atomic E-state index is 12.9. The number of carbonyl (C=O) groups excluding carboxylic acids is 2. The molecule has 2 aromatic heterocycles. The monoisotopic (exact) mass is 359 g/mol. The van der Waals surface area contributed by atoms with Gasteiger partial charge in [-0.25, -0.2) is 0 Å². The molecule has 1 aliphatic heterocycles. The summed E-state index contributed by atoms with van der Waals surface area (Å²) in [5, 5.41) is 12.2. The van der Waals surface area contributed by atoms with Crippen molar-refractivity contribution in [2.24, 2.45) is 0 Å². The molecule has 3 heterocycles. The minimum Gasteiger partial charge on any atom is -0.503 e. The molecule has 2 aromatic rings. The lowest BCUT2D eigenvalue weighted by Gasteiger charge is -2.24. The number of amides is 1. The van der Waals surface area contributed by atoms with E-state index in [0.717, 1.165) is 19.3 Å². The van der Waals surface area contributed by atoms with Crippen molar-refractivity contribution in [2.45, 2.75) is 39.2 Å². The number of nitrogens with zero attached hydrogens (tertiary/aromatic N) is 1. The molecule has 0 saturated carbocycles. The highest BCUT2D eigenvalue weighted by Gasteiger charge is 2.45. The zero-order chi connectivity index (χ0) is 18.0. The topological polar surface area (TPSA) is 70.8 Å². The number of rotatable bonds is 7. The lowest BCUT2D eigenvalue weighted by Crippen LogP contribution is -2.31. The Labute approximate surface area is 150 Å². The number of aryl methyl sites for hydroxylation is 1. The van der Waals surface area contributed by atoms with Gasteiger partial charge in [0.15, 0.2) is 5.76 Å². The van der Waals surface area contributed by atoms with Crippen LogP contribution in [-0.2, 0) is 4.79 Å². The second kappa shape index (κ2) is 7.27. The molecule has 0 bridgehead atoms. The maximum absolute atomic E-state index is 12.9. The number of aliphatic hydroxyl groups is 1. The van der Waals surface area contributed by atoms with Gasteiger partial charge >= 0.3 is 0 Å². The van der Waals surface area contributed by atoms with Gasteiger partial charge in [-0.15, -0.1) is 11.3 Å². The van der Waals surface area contributed by atoms with Crippen LogP contribution in [-0.4, -0.2) is 28.2 Å². The normalized spacial score (nSPS) is 17.6. The van der Waals surface area contributed by atoms with Crippen molar-refractivity contribution >= 4 is 23.0 Å². The minimum atomic E-state index is -0.673. The summed E-state index contributed by atoms with van der Waals surface area (Å²) in [6.07, 6.45) is 2.81. The fourth-order valence-corrected chi connectivity index (χ4v) is 3.76. The van der Waals surface area contributed by atoms with Gasteiger partial charge in [0.1, 0.15) is 17.6 Å². The van der Waals surface area contributed by atoms with Gasteiger partial charge in [-0.2, -0.15) is 0 Å². The van der Waals surface area contributed by atoms with Crippen LogP contribution in [0, 0.1) is 6.92 Å². The Morgan fingerprint density at radius 2 is 2.12 bits per heavy atom. The van der Waals surface area contributed by atoms with Crippen LogP contribution >= 0.6 is 11.3 Å². The third kappa shape index (κ3) is 3.26. The molecule has 6 heteroatoms. The molecule has 0 aromatic carbocycles. The summed E-state index contributed by atoms with van der Waals surface area (Å²) >= 11 is 1.29. The van der Waals surface area contributed by atoms with Crippen molar-refractivity contribution in [2.75, 3.05) is 6.54 Å². The van der Waals surface area contributed by atoms with E-state index in [1.165, 1.54) is 11.3 Å². The van der Waals surface area contributed by atoms with Crippen molar-refractivity contribution in [1.82, 2.24) is 4.90 Å². The van der Waals surface area contributed by atoms with Crippen molar-refractivity contribution < 1.29 is 19.1 Å². The van der Waals surface area contributed by atoms with Gasteiger partial charge in [0.25, 0.3) is 5.91 Å². The van der Waals surface area contributed by atoms with Crippen molar-refractivity contribution in [3.8, 4) is 0 Å². The van der Waals surface area contributed by atoms with Crippen LogP contribution in [0.15, 0.2) is 45.4 Å². The molecule has 25 heavy (non-hydrogen) atoms. The van der Waals surface area contributed by atoms with Gasteiger partial charge < -0.3 is 14.4 Å². The van der Waals surface area contributed by atoms with Gasteiger partial charge in [-0.05, 0) is 36.9 Å². The van der Waals surface area contributed by atoms with Gasteiger partial charge in [-0.3, -0.25) is 9.59 Å². The quantitative estimate of drug-likeness (QED) is 0.587. The van der Waals surface area contributed by atoms with Crippen LogP contribution in [0.4, 0.5) is 0 Å². The maximum Gasteiger partial charge on any atom is 0.290 e. The minimum absolute atomic E-state index is 0.110. The zero-order valence-electron chi connectivity index (χ0n) is 14.3. The number of carbonyl (C=O) groups is 2. The Balaban J connectivity index is 2.00. The average molecular weight is 359 g/mol. The first-order valence-corrected chi connectivity index (χ1v) is 9.31. The third-order valence-corrected chi connectivity index (χ3v) is 5.20. The van der Waals surface area contributed by atoms with Gasteiger partial charge in [0.05, 0.1) is 10.5 Å². The third-order valence-electron chi connectivity index (χ3n) is 4.33. The number of unbranched alkanes of at least 4 members (excludes halogenated alkanes) is 2. The zero-order valence-corrected chi connectivity index (χ0v) is 15.1. The van der Waals surface area contributed by atoms with E-state index in [-0.39, 0.29) is 11.4 Å². The molecular formula is C19H21NO4S. The Hall–Kier alpha value is -2.34. The summed E-state index contributed by atoms with van der Waals surface area (Å²) in [6, 6.07) is 6.36. The lowest BCUT2D eigenvalue weighted by atomic mass is 10.00. The summed E-state index contributed by atoms with van der Waals surface area (Å²) in [7, 11) is 0. The summed E-state index contributed by atoms with van der Waals surface area (Å²) in [5.41, 5.74) is 0.110. The lowest BCUT2D eigenvalue weighted by molar-refractivity contribution is -0.129. The van der Waals surface area contributed by atoms with Crippen LogP contribution in [0.3, 0.4) is 0 Å². The van der Waals surface area contributed by atoms with Crippen molar-refractivity contribution in [3.63, 3.8) is 0 Å². The smallest absolute Gasteiger partial charge is 0.290 e. The predicted octanol–water partition coefficient (Wildman–Crippen LogP) is 4.42. The number of furan rings is 1. The average Bonchev–Trinajstić information content (AvgIpc) is 3.31. The first kappa shape index (κ1) is 17.5. The molecule has 1 unspecified atom stereocenters. The molecule has 0 saturated heterocycles. The summed E-state index contributed by atoms with van der Waals surface area (Å²) in [4.78, 5) is 27.5. The molecule has 0 fully saturated rings. The molecular weight excluding hydrogens is 338 g/mol. The molecule has 132 valence electrons. The molecule has 0 radical (unpaired) electrons. The number of thiophene rings is 1. The largest absolute Gasteiger partial charge is 0.503 e. The van der Waals surface area contributed by atoms with E-state index in [1.807, 2.05) is 6.92 Å². The number of hydrogen-bond acceptors (Lipinski definition) is 5. The van der Waals surface area contributed by atoms with E-state index in [1.54, 1.807) is 34.5 Å². The molecule has 1 amide bonds. The van der Waals surface area contributed by atoms with Crippen molar-refractivity contribution in [3.05, 3.63) is 57.4 Å². The van der Waals surface area contributed by atoms with E-state index >= 15 is 0 Å². The summed E-state index contributed by atoms with van der Waals surface area (Å²) in [6.45, 7) is 4.37. The second-order valence-electron chi connectivity index (χ2n) is 6.13.